The minimum absolute atomic E-state index is 0.384. The zero-order valence-corrected chi connectivity index (χ0v) is 29.5. The van der Waals surface area contributed by atoms with Gasteiger partial charge in [0.2, 0.25) is 0 Å². The quantitative estimate of drug-likeness (QED) is 0.165. The fourth-order valence-corrected chi connectivity index (χ4v) is 8.97. The minimum atomic E-state index is -0.489. The van der Waals surface area contributed by atoms with Gasteiger partial charge in [-0.15, -0.1) is 0 Å². The van der Waals surface area contributed by atoms with Crippen LogP contribution in [0.3, 0.4) is 0 Å². The van der Waals surface area contributed by atoms with E-state index in [1.54, 1.807) is 0 Å². The number of aryl methyl sites for hydroxylation is 2. The van der Waals surface area contributed by atoms with E-state index in [9.17, 15) is 0 Å². The molecule has 0 aliphatic heterocycles. The van der Waals surface area contributed by atoms with Crippen molar-refractivity contribution in [3.8, 4) is 22.3 Å². The zero-order chi connectivity index (χ0) is 34.4. The molecule has 0 spiro atoms. The Morgan fingerprint density at radius 1 is 0.451 bits per heavy atom. The highest BCUT2D eigenvalue weighted by Gasteiger charge is 2.47. The third kappa shape index (κ3) is 5.14. The molecule has 9 rings (SSSR count). The second kappa shape index (κ2) is 12.9. The van der Waals surface area contributed by atoms with Gasteiger partial charge in [-0.05, 0) is 124 Å². The summed E-state index contributed by atoms with van der Waals surface area (Å²) in [4.78, 5) is 2.49. The molecule has 7 aromatic carbocycles. The third-order valence-corrected chi connectivity index (χ3v) is 11.3. The second-order valence-electron chi connectivity index (χ2n) is 14.5. The van der Waals surface area contributed by atoms with E-state index in [4.69, 9.17) is 0 Å². The summed E-state index contributed by atoms with van der Waals surface area (Å²) in [6.07, 6.45) is 4.86. The summed E-state index contributed by atoms with van der Waals surface area (Å²) in [5, 5.41) is 0. The molecule has 0 saturated carbocycles. The van der Waals surface area contributed by atoms with Crippen LogP contribution in [0.2, 0.25) is 0 Å². The van der Waals surface area contributed by atoms with Gasteiger partial charge in [0, 0.05) is 16.9 Å². The Kier molecular flexibility index (Phi) is 7.93. The Labute approximate surface area is 302 Å². The van der Waals surface area contributed by atoms with Crippen molar-refractivity contribution in [3.05, 3.63) is 209 Å². The molecule has 7 aromatic rings. The first-order chi connectivity index (χ1) is 25.1. The van der Waals surface area contributed by atoms with Crippen LogP contribution in [-0.4, -0.2) is 0 Å². The number of anilines is 3. The Morgan fingerprint density at radius 2 is 0.961 bits per heavy atom. The van der Waals surface area contributed by atoms with E-state index in [0.29, 0.717) is 5.92 Å². The average molecular weight is 658 g/mol. The van der Waals surface area contributed by atoms with Gasteiger partial charge in [-0.3, -0.25) is 0 Å². The fraction of sp³-hybridized carbons (Fsp3) is 0.160. The van der Waals surface area contributed by atoms with Crippen molar-refractivity contribution in [1.29, 1.82) is 0 Å². The number of benzene rings is 7. The molecule has 1 heteroatoms. The molecule has 0 radical (unpaired) electrons. The number of para-hydroxylation sites is 2. The molecule has 0 saturated heterocycles. The SMILES string of the molecule is CC(C)c1cc2c(cc1-c1cc3c(cc1N(c1ccccc1)c1ccccc1)C(c1ccccc1)(c1ccccc1)c1ccccc1-3)CCCC2. The summed E-state index contributed by atoms with van der Waals surface area (Å²) in [6, 6.07) is 63.5. The maximum absolute atomic E-state index is 2.56. The van der Waals surface area contributed by atoms with Crippen LogP contribution in [0.25, 0.3) is 22.3 Å². The van der Waals surface area contributed by atoms with E-state index in [2.05, 4.69) is 189 Å². The average Bonchev–Trinajstić information content (AvgIpc) is 3.48. The maximum Gasteiger partial charge on any atom is 0.0714 e. The van der Waals surface area contributed by atoms with E-state index >= 15 is 0 Å². The number of hydrogen-bond acceptors (Lipinski definition) is 1. The summed E-state index contributed by atoms with van der Waals surface area (Å²) < 4.78 is 0. The molecular weight excluding hydrogens is 615 g/mol. The van der Waals surface area contributed by atoms with Crippen LogP contribution in [0.1, 0.15) is 71.6 Å². The van der Waals surface area contributed by atoms with Gasteiger partial charge in [-0.2, -0.15) is 0 Å². The van der Waals surface area contributed by atoms with Crippen LogP contribution in [0, 0.1) is 0 Å². The van der Waals surface area contributed by atoms with Gasteiger partial charge in [0.1, 0.15) is 0 Å². The summed E-state index contributed by atoms with van der Waals surface area (Å²) >= 11 is 0. The second-order valence-corrected chi connectivity index (χ2v) is 14.5. The standard InChI is InChI=1S/C50H43N/c1-35(2)43-31-36-19-15-16-20-37(36)32-44(43)46-33-45-42-29-17-18-30-47(42)50(38-21-7-3-8-22-38,39-23-9-4-10-24-39)48(45)34-49(46)51(40-25-11-5-12-26-40)41-27-13-6-14-28-41/h3-14,17-18,21-35H,15-16,19-20H2,1-2H3. The topological polar surface area (TPSA) is 3.24 Å². The van der Waals surface area contributed by atoms with E-state index in [1.807, 2.05) is 0 Å². The van der Waals surface area contributed by atoms with Crippen LogP contribution in [0.15, 0.2) is 170 Å². The maximum atomic E-state index is 2.56. The van der Waals surface area contributed by atoms with Gasteiger partial charge in [0.25, 0.3) is 0 Å². The summed E-state index contributed by atoms with van der Waals surface area (Å²) in [5.41, 5.74) is 18.0. The molecular formula is C50H43N. The molecule has 2 aliphatic carbocycles. The van der Waals surface area contributed by atoms with Crippen molar-refractivity contribution in [2.75, 3.05) is 4.90 Å². The monoisotopic (exact) mass is 657 g/mol. The molecule has 0 bridgehead atoms. The molecule has 0 N–H and O–H groups in total. The summed E-state index contributed by atoms with van der Waals surface area (Å²) in [5.74, 6) is 0.384. The Balaban J connectivity index is 1.45. The molecule has 0 fully saturated rings. The molecule has 0 heterocycles. The normalized spacial score (nSPS) is 14.1. The molecule has 0 unspecified atom stereocenters. The first kappa shape index (κ1) is 31.3. The van der Waals surface area contributed by atoms with E-state index in [1.165, 1.54) is 86.1 Å². The molecule has 1 nitrogen and oxygen atoms in total. The molecule has 0 atom stereocenters. The van der Waals surface area contributed by atoms with E-state index in [0.717, 1.165) is 17.8 Å². The van der Waals surface area contributed by atoms with E-state index < -0.39 is 5.41 Å². The smallest absolute Gasteiger partial charge is 0.0714 e. The highest BCUT2D eigenvalue weighted by molar-refractivity contribution is 5.97. The van der Waals surface area contributed by atoms with Crippen molar-refractivity contribution >= 4 is 17.1 Å². The van der Waals surface area contributed by atoms with Crippen LogP contribution >= 0.6 is 0 Å². The lowest BCUT2D eigenvalue weighted by atomic mass is 9.67. The van der Waals surface area contributed by atoms with Crippen molar-refractivity contribution in [2.24, 2.45) is 0 Å². The molecule has 0 amide bonds. The molecule has 248 valence electrons. The van der Waals surface area contributed by atoms with Gasteiger partial charge in [0.05, 0.1) is 11.1 Å². The van der Waals surface area contributed by atoms with Gasteiger partial charge in [0.15, 0.2) is 0 Å². The lowest BCUT2D eigenvalue weighted by Gasteiger charge is -2.36. The van der Waals surface area contributed by atoms with Crippen LogP contribution in [0.4, 0.5) is 17.1 Å². The van der Waals surface area contributed by atoms with Gasteiger partial charge >= 0.3 is 0 Å². The molecule has 51 heavy (non-hydrogen) atoms. The Morgan fingerprint density at radius 3 is 1.53 bits per heavy atom. The highest BCUT2D eigenvalue weighted by Crippen LogP contribution is 2.59. The minimum Gasteiger partial charge on any atom is -0.310 e. The number of rotatable bonds is 7. The van der Waals surface area contributed by atoms with Crippen LogP contribution in [0.5, 0.6) is 0 Å². The molecule has 2 aliphatic rings. The number of fused-ring (bicyclic) bond motifs is 4. The molecule has 0 aromatic heterocycles. The largest absolute Gasteiger partial charge is 0.310 e. The van der Waals surface area contributed by atoms with Crippen LogP contribution < -0.4 is 4.90 Å². The van der Waals surface area contributed by atoms with Crippen molar-refractivity contribution in [1.82, 2.24) is 0 Å². The van der Waals surface area contributed by atoms with Crippen molar-refractivity contribution in [3.63, 3.8) is 0 Å². The van der Waals surface area contributed by atoms with Crippen molar-refractivity contribution in [2.45, 2.75) is 50.9 Å². The van der Waals surface area contributed by atoms with E-state index in [-0.39, 0.29) is 0 Å². The number of hydrogen-bond donors (Lipinski definition) is 0. The lowest BCUT2D eigenvalue weighted by molar-refractivity contribution is 0.683. The first-order valence-corrected chi connectivity index (χ1v) is 18.6. The predicted molar refractivity (Wildman–Crippen MR) is 215 cm³/mol. The van der Waals surface area contributed by atoms with Gasteiger partial charge < -0.3 is 4.90 Å². The van der Waals surface area contributed by atoms with Gasteiger partial charge in [-0.1, -0.05) is 147 Å². The lowest BCUT2D eigenvalue weighted by Crippen LogP contribution is -2.28. The Hall–Kier alpha value is -5.66. The third-order valence-electron chi connectivity index (χ3n) is 11.3. The number of nitrogens with zero attached hydrogens (tertiary/aromatic N) is 1. The predicted octanol–water partition coefficient (Wildman–Crippen LogP) is 13.2. The fourth-order valence-electron chi connectivity index (χ4n) is 8.97. The van der Waals surface area contributed by atoms with Crippen LogP contribution in [-0.2, 0) is 18.3 Å². The van der Waals surface area contributed by atoms with Crippen molar-refractivity contribution < 1.29 is 0 Å². The summed E-state index contributed by atoms with van der Waals surface area (Å²) in [7, 11) is 0. The Bertz CT molecular complexity index is 2240. The zero-order valence-electron chi connectivity index (χ0n) is 29.5. The summed E-state index contributed by atoms with van der Waals surface area (Å²) in [6.45, 7) is 4.72. The highest BCUT2D eigenvalue weighted by atomic mass is 15.1. The van der Waals surface area contributed by atoms with Gasteiger partial charge in [-0.25, -0.2) is 0 Å². The first-order valence-electron chi connectivity index (χ1n) is 18.6.